The van der Waals surface area contributed by atoms with Crippen molar-refractivity contribution in [3.05, 3.63) is 52.6 Å². The Bertz CT molecular complexity index is 769. The molecule has 0 aliphatic rings. The fourth-order valence-electron chi connectivity index (χ4n) is 1.75. The summed E-state index contributed by atoms with van der Waals surface area (Å²) >= 11 is 5.83. The molecule has 3 rings (SSSR count). The number of H-pyrrole nitrogens is 1. The maximum Gasteiger partial charge on any atom is 0.262 e. The third-order valence-electron chi connectivity index (χ3n) is 2.73. The van der Waals surface area contributed by atoms with E-state index in [0.29, 0.717) is 28.5 Å². The predicted octanol–water partition coefficient (Wildman–Crippen LogP) is 2.58. The van der Waals surface area contributed by atoms with Crippen LogP contribution in [0.2, 0.25) is 5.02 Å². The molecule has 98 valence electrons. The number of benzene rings is 1. The zero-order valence-electron chi connectivity index (χ0n) is 10.2. The number of aromatic amines is 1. The molecule has 1 N–H and O–H groups in total. The molecule has 0 radical (unpaired) electrons. The van der Waals surface area contributed by atoms with Crippen molar-refractivity contribution in [1.29, 1.82) is 5.26 Å². The highest BCUT2D eigenvalue weighted by molar-refractivity contribution is 6.30. The summed E-state index contributed by atoms with van der Waals surface area (Å²) in [4.78, 5) is 4.26. The fourth-order valence-corrected chi connectivity index (χ4v) is 1.88. The topological polar surface area (TPSA) is 91.4 Å². The summed E-state index contributed by atoms with van der Waals surface area (Å²) in [5, 5.41) is 19.8. The van der Waals surface area contributed by atoms with Crippen molar-refractivity contribution in [2.24, 2.45) is 0 Å². The van der Waals surface area contributed by atoms with E-state index in [0.717, 1.165) is 5.56 Å². The maximum absolute atomic E-state index is 8.91. The van der Waals surface area contributed by atoms with E-state index < -0.39 is 0 Å². The van der Waals surface area contributed by atoms with Crippen molar-refractivity contribution < 1.29 is 4.52 Å². The normalized spacial score (nSPS) is 10.4. The summed E-state index contributed by atoms with van der Waals surface area (Å²) in [6.07, 6.45) is 2.01. The molecule has 0 amide bonds. The summed E-state index contributed by atoms with van der Waals surface area (Å²) in [7, 11) is 0. The Labute approximate surface area is 119 Å². The lowest BCUT2D eigenvalue weighted by molar-refractivity contribution is 0.424. The van der Waals surface area contributed by atoms with E-state index in [-0.39, 0.29) is 5.89 Å². The van der Waals surface area contributed by atoms with Gasteiger partial charge in [-0.05, 0) is 17.7 Å². The molecule has 0 saturated heterocycles. The highest BCUT2D eigenvalue weighted by Crippen LogP contribution is 2.20. The molecule has 3 aromatic rings. The van der Waals surface area contributed by atoms with Gasteiger partial charge in [-0.15, -0.1) is 0 Å². The molecule has 7 heteroatoms. The van der Waals surface area contributed by atoms with Crippen LogP contribution in [0.4, 0.5) is 0 Å². The van der Waals surface area contributed by atoms with Crippen LogP contribution in [0.3, 0.4) is 0 Å². The Kier molecular flexibility index (Phi) is 3.19. The molecule has 0 bridgehead atoms. The zero-order valence-corrected chi connectivity index (χ0v) is 10.9. The second-order valence-electron chi connectivity index (χ2n) is 4.09. The maximum atomic E-state index is 8.91. The van der Waals surface area contributed by atoms with Crippen LogP contribution in [0.15, 0.2) is 35.0 Å². The van der Waals surface area contributed by atoms with Gasteiger partial charge in [-0.3, -0.25) is 5.10 Å². The number of nitrogens with zero attached hydrogens (tertiary/aromatic N) is 4. The third kappa shape index (κ3) is 2.39. The van der Waals surface area contributed by atoms with Gasteiger partial charge >= 0.3 is 0 Å². The standard InChI is InChI=1S/C13H8ClN5O/c14-9-3-1-8(2-4-9)5-12-17-13(20-19-12)10-7-16-18-11(10)6-15/h1-4,7H,5H2,(H,16,18). The van der Waals surface area contributed by atoms with E-state index in [4.69, 9.17) is 21.4 Å². The van der Waals surface area contributed by atoms with Crippen molar-refractivity contribution in [2.75, 3.05) is 0 Å². The molecule has 6 nitrogen and oxygen atoms in total. The Morgan fingerprint density at radius 2 is 2.10 bits per heavy atom. The summed E-state index contributed by atoms with van der Waals surface area (Å²) in [5.41, 5.74) is 1.82. The van der Waals surface area contributed by atoms with Crippen LogP contribution in [0.1, 0.15) is 17.1 Å². The summed E-state index contributed by atoms with van der Waals surface area (Å²) in [6, 6.07) is 9.39. The van der Waals surface area contributed by atoms with Crippen LogP contribution >= 0.6 is 11.6 Å². The lowest BCUT2D eigenvalue weighted by Crippen LogP contribution is -1.90. The molecule has 0 atom stereocenters. The number of nitriles is 1. The fraction of sp³-hybridized carbons (Fsp3) is 0.0769. The van der Waals surface area contributed by atoms with Crippen molar-refractivity contribution >= 4 is 11.6 Å². The van der Waals surface area contributed by atoms with E-state index in [9.17, 15) is 0 Å². The third-order valence-corrected chi connectivity index (χ3v) is 2.98. The molecule has 0 fully saturated rings. The number of halogens is 1. The SMILES string of the molecule is N#Cc1[nH]ncc1-c1nc(Cc2ccc(Cl)cc2)no1. The average molecular weight is 286 g/mol. The first kappa shape index (κ1) is 12.4. The van der Waals surface area contributed by atoms with Gasteiger partial charge in [0.05, 0.1) is 11.8 Å². The molecule has 0 spiro atoms. The molecule has 0 unspecified atom stereocenters. The molecular weight excluding hydrogens is 278 g/mol. The van der Waals surface area contributed by atoms with Gasteiger partial charge in [-0.1, -0.05) is 28.9 Å². The van der Waals surface area contributed by atoms with Crippen molar-refractivity contribution in [3.8, 4) is 17.5 Å². The molecule has 0 aliphatic carbocycles. The predicted molar refractivity (Wildman–Crippen MR) is 70.9 cm³/mol. The second-order valence-corrected chi connectivity index (χ2v) is 4.53. The molecule has 0 saturated carbocycles. The van der Waals surface area contributed by atoms with Crippen molar-refractivity contribution in [3.63, 3.8) is 0 Å². The molecular formula is C13H8ClN5O. The van der Waals surface area contributed by atoms with Crippen LogP contribution in [-0.4, -0.2) is 20.3 Å². The minimum absolute atomic E-state index is 0.277. The van der Waals surface area contributed by atoms with Crippen molar-refractivity contribution in [2.45, 2.75) is 6.42 Å². The van der Waals surface area contributed by atoms with Gasteiger partial charge in [-0.2, -0.15) is 15.3 Å². The molecule has 0 aliphatic heterocycles. The van der Waals surface area contributed by atoms with Crippen LogP contribution in [-0.2, 0) is 6.42 Å². The molecule has 20 heavy (non-hydrogen) atoms. The van der Waals surface area contributed by atoms with E-state index in [1.807, 2.05) is 30.3 Å². The number of aromatic nitrogens is 4. The van der Waals surface area contributed by atoms with E-state index in [1.165, 1.54) is 6.20 Å². The van der Waals surface area contributed by atoms with Crippen LogP contribution < -0.4 is 0 Å². The molecule has 2 aromatic heterocycles. The van der Waals surface area contributed by atoms with Gasteiger partial charge in [0.15, 0.2) is 5.82 Å². The smallest absolute Gasteiger partial charge is 0.262 e. The lowest BCUT2D eigenvalue weighted by Gasteiger charge is -1.96. The first-order valence-electron chi connectivity index (χ1n) is 5.77. The lowest BCUT2D eigenvalue weighted by atomic mass is 10.1. The van der Waals surface area contributed by atoms with Gasteiger partial charge < -0.3 is 4.52 Å². The van der Waals surface area contributed by atoms with Gasteiger partial charge in [-0.25, -0.2) is 0 Å². The minimum Gasteiger partial charge on any atom is -0.334 e. The highest BCUT2D eigenvalue weighted by atomic mass is 35.5. The van der Waals surface area contributed by atoms with Gasteiger partial charge in [0.2, 0.25) is 0 Å². The largest absolute Gasteiger partial charge is 0.334 e. The Balaban J connectivity index is 1.84. The van der Waals surface area contributed by atoms with Gasteiger partial charge in [0, 0.05) is 11.4 Å². The number of rotatable bonds is 3. The Hall–Kier alpha value is -2.65. The average Bonchev–Trinajstić information content (AvgIpc) is 3.09. The van der Waals surface area contributed by atoms with E-state index in [2.05, 4.69) is 20.3 Å². The van der Waals surface area contributed by atoms with Gasteiger partial charge in [0.25, 0.3) is 5.89 Å². The first-order valence-corrected chi connectivity index (χ1v) is 6.15. The number of hydrogen-bond donors (Lipinski definition) is 1. The molecule has 2 heterocycles. The molecule has 1 aromatic carbocycles. The van der Waals surface area contributed by atoms with Crippen LogP contribution in [0.5, 0.6) is 0 Å². The van der Waals surface area contributed by atoms with E-state index in [1.54, 1.807) is 0 Å². The number of hydrogen-bond acceptors (Lipinski definition) is 5. The van der Waals surface area contributed by atoms with Gasteiger partial charge in [0.1, 0.15) is 11.8 Å². The summed E-state index contributed by atoms with van der Waals surface area (Å²) < 4.78 is 5.15. The highest BCUT2D eigenvalue weighted by Gasteiger charge is 2.15. The second kappa shape index (κ2) is 5.15. The van der Waals surface area contributed by atoms with Crippen molar-refractivity contribution in [1.82, 2.24) is 20.3 Å². The first-order chi connectivity index (χ1) is 9.76. The summed E-state index contributed by atoms with van der Waals surface area (Å²) in [6.45, 7) is 0. The van der Waals surface area contributed by atoms with Crippen LogP contribution in [0, 0.1) is 11.3 Å². The monoisotopic (exact) mass is 285 g/mol. The Morgan fingerprint density at radius 3 is 2.85 bits per heavy atom. The zero-order chi connectivity index (χ0) is 13.9. The quantitative estimate of drug-likeness (QED) is 0.798. The van der Waals surface area contributed by atoms with Crippen LogP contribution in [0.25, 0.3) is 11.5 Å². The minimum atomic E-state index is 0.277. The van der Waals surface area contributed by atoms with E-state index >= 15 is 0 Å². The summed E-state index contributed by atoms with van der Waals surface area (Å²) in [5.74, 6) is 0.812. The number of nitrogens with one attached hydrogen (secondary N) is 1. The Morgan fingerprint density at radius 1 is 1.30 bits per heavy atom.